The molecule has 114 valence electrons. The van der Waals surface area contributed by atoms with E-state index in [4.69, 9.17) is 9.98 Å². The topological polar surface area (TPSA) is 31.2 Å². The molecule has 0 N–H and O–H groups in total. The highest BCUT2D eigenvalue weighted by molar-refractivity contribution is 8.15. The Kier molecular flexibility index (Phi) is 3.54. The maximum Gasteiger partial charge on any atom is 0.139 e. The number of benzene rings is 1. The molecule has 0 spiro atoms. The van der Waals surface area contributed by atoms with E-state index in [9.17, 15) is 0 Å². The maximum absolute atomic E-state index is 4.99. The molecule has 3 aliphatic rings. The standard InChI is InChI=1S/C17H20N4S/c1-12-11-13-16(21-9-7-20(2)8-10-21)18-14-5-3-4-6-15(14)19-17(13)22-12/h3-6,11-12H,7-10H2,1-2H3. The second-order valence-corrected chi connectivity index (χ2v) is 7.40. The number of aliphatic imine (C=N–C) groups is 2. The lowest BCUT2D eigenvalue weighted by atomic mass is 10.1. The molecule has 0 amide bonds. The van der Waals surface area contributed by atoms with Crippen LogP contribution in [-0.2, 0) is 0 Å². The van der Waals surface area contributed by atoms with E-state index >= 15 is 0 Å². The first-order valence-electron chi connectivity index (χ1n) is 7.80. The molecular weight excluding hydrogens is 292 g/mol. The number of piperazine rings is 1. The van der Waals surface area contributed by atoms with Crippen molar-refractivity contribution in [2.75, 3.05) is 33.2 Å². The fourth-order valence-corrected chi connectivity index (χ4v) is 4.03. The molecule has 0 aliphatic carbocycles. The number of rotatable bonds is 0. The van der Waals surface area contributed by atoms with Crippen LogP contribution in [0, 0.1) is 0 Å². The number of fused-ring (bicyclic) bond motifs is 2. The summed E-state index contributed by atoms with van der Waals surface area (Å²) in [6.07, 6.45) is 2.31. The molecular formula is C17H20N4S. The molecule has 1 aromatic carbocycles. The third-order valence-electron chi connectivity index (χ3n) is 4.30. The highest BCUT2D eigenvalue weighted by Crippen LogP contribution is 2.39. The predicted molar refractivity (Wildman–Crippen MR) is 94.8 cm³/mol. The number of hydrogen-bond donors (Lipinski definition) is 0. The summed E-state index contributed by atoms with van der Waals surface area (Å²) in [5.41, 5.74) is 3.18. The molecule has 1 atom stereocenters. The minimum absolute atomic E-state index is 0.469. The molecule has 1 saturated heterocycles. The summed E-state index contributed by atoms with van der Waals surface area (Å²) in [6.45, 7) is 6.46. The van der Waals surface area contributed by atoms with Crippen molar-refractivity contribution in [3.8, 4) is 0 Å². The zero-order chi connectivity index (χ0) is 15.1. The van der Waals surface area contributed by atoms with Gasteiger partial charge in [0.05, 0.1) is 11.4 Å². The van der Waals surface area contributed by atoms with Crippen LogP contribution in [0.3, 0.4) is 0 Å². The van der Waals surface area contributed by atoms with Gasteiger partial charge in [-0.25, -0.2) is 9.98 Å². The third kappa shape index (κ3) is 2.48. The third-order valence-corrected chi connectivity index (χ3v) is 5.35. The van der Waals surface area contributed by atoms with Crippen LogP contribution in [0.15, 0.2) is 45.9 Å². The van der Waals surface area contributed by atoms with Gasteiger partial charge < -0.3 is 9.80 Å². The van der Waals surface area contributed by atoms with E-state index in [2.05, 4.69) is 42.0 Å². The largest absolute Gasteiger partial charge is 0.353 e. The summed E-state index contributed by atoms with van der Waals surface area (Å²) in [4.78, 5) is 14.7. The molecule has 3 aliphatic heterocycles. The predicted octanol–water partition coefficient (Wildman–Crippen LogP) is 3.07. The fraction of sp³-hybridized carbons (Fsp3) is 0.412. The van der Waals surface area contributed by atoms with Gasteiger partial charge in [-0.2, -0.15) is 0 Å². The number of hydrogen-bond acceptors (Lipinski definition) is 5. The van der Waals surface area contributed by atoms with Crippen LogP contribution in [0.1, 0.15) is 6.92 Å². The zero-order valence-electron chi connectivity index (χ0n) is 13.0. The summed E-state index contributed by atoms with van der Waals surface area (Å²) in [7, 11) is 2.18. The first-order chi connectivity index (χ1) is 10.7. The molecule has 1 unspecified atom stereocenters. The van der Waals surface area contributed by atoms with Gasteiger partial charge in [-0.1, -0.05) is 30.0 Å². The molecule has 0 radical (unpaired) electrons. The lowest BCUT2D eigenvalue weighted by Gasteiger charge is -2.34. The van der Waals surface area contributed by atoms with Crippen molar-refractivity contribution in [1.82, 2.24) is 9.80 Å². The molecule has 1 fully saturated rings. The highest BCUT2D eigenvalue weighted by Gasteiger charge is 2.30. The van der Waals surface area contributed by atoms with Crippen LogP contribution in [-0.4, -0.2) is 59.2 Å². The van der Waals surface area contributed by atoms with Crippen LogP contribution in [0.2, 0.25) is 0 Å². The molecule has 0 bridgehead atoms. The number of likely N-dealkylation sites (N-methyl/N-ethyl adjacent to an activating group) is 1. The minimum atomic E-state index is 0.469. The van der Waals surface area contributed by atoms with Gasteiger partial charge >= 0.3 is 0 Å². The number of thioether (sulfide) groups is 1. The second-order valence-electron chi connectivity index (χ2n) is 6.03. The molecule has 1 aromatic rings. The van der Waals surface area contributed by atoms with E-state index in [1.165, 1.54) is 5.57 Å². The molecule has 4 rings (SSSR count). The van der Waals surface area contributed by atoms with Crippen LogP contribution < -0.4 is 0 Å². The van der Waals surface area contributed by atoms with Crippen LogP contribution in [0.5, 0.6) is 0 Å². The van der Waals surface area contributed by atoms with Crippen molar-refractivity contribution in [3.63, 3.8) is 0 Å². The molecule has 5 heteroatoms. The molecule has 22 heavy (non-hydrogen) atoms. The van der Waals surface area contributed by atoms with Crippen molar-refractivity contribution in [3.05, 3.63) is 35.9 Å². The van der Waals surface area contributed by atoms with E-state index in [-0.39, 0.29) is 0 Å². The van der Waals surface area contributed by atoms with Crippen molar-refractivity contribution >= 4 is 34.0 Å². The number of amidine groups is 1. The zero-order valence-corrected chi connectivity index (χ0v) is 13.8. The maximum atomic E-state index is 4.99. The van der Waals surface area contributed by atoms with Gasteiger partial charge in [0.1, 0.15) is 10.9 Å². The highest BCUT2D eigenvalue weighted by atomic mass is 32.2. The van der Waals surface area contributed by atoms with Crippen molar-refractivity contribution in [2.45, 2.75) is 12.2 Å². The first kappa shape index (κ1) is 14.0. The smallest absolute Gasteiger partial charge is 0.139 e. The van der Waals surface area contributed by atoms with E-state index in [1.54, 1.807) is 0 Å². The SMILES string of the molecule is CC1C=C2C(=Nc3ccccc3N=C2N2CCN(C)CC2)S1. The van der Waals surface area contributed by atoms with Gasteiger partial charge in [0.15, 0.2) is 0 Å². The van der Waals surface area contributed by atoms with Crippen LogP contribution >= 0.6 is 11.8 Å². The number of nitrogens with zero attached hydrogens (tertiary/aromatic N) is 4. The Balaban J connectivity index is 1.79. The van der Waals surface area contributed by atoms with E-state index < -0.39 is 0 Å². The normalized spacial score (nSPS) is 24.9. The molecule has 0 saturated carbocycles. The monoisotopic (exact) mass is 312 g/mol. The van der Waals surface area contributed by atoms with Gasteiger partial charge in [-0.3, -0.25) is 0 Å². The quantitative estimate of drug-likeness (QED) is 0.738. The lowest BCUT2D eigenvalue weighted by molar-refractivity contribution is 0.216. The Hall–Kier alpha value is -1.59. The fourth-order valence-electron chi connectivity index (χ4n) is 3.03. The summed E-state index contributed by atoms with van der Waals surface area (Å²) < 4.78 is 0. The van der Waals surface area contributed by atoms with Gasteiger partial charge in [0.25, 0.3) is 0 Å². The van der Waals surface area contributed by atoms with Crippen LogP contribution in [0.25, 0.3) is 0 Å². The van der Waals surface area contributed by atoms with E-state index in [0.717, 1.165) is 48.4 Å². The Morgan fingerprint density at radius 2 is 1.73 bits per heavy atom. The molecule has 4 nitrogen and oxygen atoms in total. The summed E-state index contributed by atoms with van der Waals surface area (Å²) in [5, 5.41) is 1.59. The Morgan fingerprint density at radius 1 is 1.05 bits per heavy atom. The Bertz CT molecular complexity index is 684. The van der Waals surface area contributed by atoms with Crippen LogP contribution in [0.4, 0.5) is 11.4 Å². The lowest BCUT2D eigenvalue weighted by Crippen LogP contribution is -2.47. The van der Waals surface area contributed by atoms with Gasteiger partial charge in [-0.05, 0) is 26.1 Å². The van der Waals surface area contributed by atoms with Gasteiger partial charge in [0.2, 0.25) is 0 Å². The van der Waals surface area contributed by atoms with Gasteiger partial charge in [0, 0.05) is 37.0 Å². The Morgan fingerprint density at radius 3 is 2.45 bits per heavy atom. The van der Waals surface area contributed by atoms with E-state index in [1.807, 2.05) is 23.9 Å². The van der Waals surface area contributed by atoms with E-state index in [0.29, 0.717) is 5.25 Å². The first-order valence-corrected chi connectivity index (χ1v) is 8.68. The van der Waals surface area contributed by atoms with Gasteiger partial charge in [-0.15, -0.1) is 0 Å². The molecule has 0 aromatic heterocycles. The van der Waals surface area contributed by atoms with Crippen molar-refractivity contribution in [1.29, 1.82) is 0 Å². The summed E-state index contributed by atoms with van der Waals surface area (Å²) in [5.74, 6) is 1.11. The molecule has 3 heterocycles. The Labute approximate surface area is 135 Å². The number of para-hydroxylation sites is 2. The minimum Gasteiger partial charge on any atom is -0.353 e. The average Bonchev–Trinajstić information content (AvgIpc) is 2.80. The van der Waals surface area contributed by atoms with Crippen molar-refractivity contribution in [2.24, 2.45) is 9.98 Å². The summed E-state index contributed by atoms with van der Waals surface area (Å²) in [6, 6.07) is 8.19. The second kappa shape index (κ2) is 5.56. The average molecular weight is 312 g/mol. The van der Waals surface area contributed by atoms with Crippen molar-refractivity contribution < 1.29 is 0 Å². The summed E-state index contributed by atoms with van der Waals surface area (Å²) >= 11 is 1.83.